The van der Waals surface area contributed by atoms with Gasteiger partial charge in [0.1, 0.15) is 11.6 Å². The number of imidazole rings is 1. The van der Waals surface area contributed by atoms with Crippen LogP contribution in [0.2, 0.25) is 0 Å². The lowest BCUT2D eigenvalue weighted by molar-refractivity contribution is 0.846. The van der Waals surface area contributed by atoms with Crippen molar-refractivity contribution in [2.75, 3.05) is 5.73 Å². The van der Waals surface area contributed by atoms with Crippen LogP contribution < -0.4 is 5.73 Å². The highest BCUT2D eigenvalue weighted by molar-refractivity contribution is 5.46. The number of pyridine rings is 1. The van der Waals surface area contributed by atoms with Gasteiger partial charge in [-0.25, -0.2) is 4.98 Å². The van der Waals surface area contributed by atoms with E-state index in [4.69, 9.17) is 5.73 Å². The Labute approximate surface area is 91.4 Å². The van der Waals surface area contributed by atoms with Crippen LogP contribution in [-0.2, 0) is 0 Å². The van der Waals surface area contributed by atoms with E-state index in [1.165, 1.54) is 0 Å². The van der Waals surface area contributed by atoms with Crippen molar-refractivity contribution < 1.29 is 0 Å². The van der Waals surface area contributed by atoms with Crippen LogP contribution >= 0.6 is 0 Å². The summed E-state index contributed by atoms with van der Waals surface area (Å²) in [5.41, 5.74) is 6.31. The first-order valence-corrected chi connectivity index (χ1v) is 4.87. The average Bonchev–Trinajstić information content (AvgIpc) is 2.82. The molecule has 0 unspecified atom stereocenters. The Balaban J connectivity index is 2.35. The summed E-state index contributed by atoms with van der Waals surface area (Å²) in [7, 11) is 0. The van der Waals surface area contributed by atoms with E-state index in [2.05, 4.69) is 15.1 Å². The monoisotopic (exact) mass is 214 g/mol. The summed E-state index contributed by atoms with van der Waals surface area (Å²) in [6.45, 7) is 1.93. The lowest BCUT2D eigenvalue weighted by Gasteiger charge is -2.05. The number of fused-ring (bicyclic) bond motifs is 1. The molecule has 6 heteroatoms. The molecule has 3 aromatic rings. The van der Waals surface area contributed by atoms with Crippen molar-refractivity contribution in [3.8, 4) is 5.82 Å². The second kappa shape index (κ2) is 3.06. The van der Waals surface area contributed by atoms with E-state index in [9.17, 15) is 0 Å². The second-order valence-electron chi connectivity index (χ2n) is 3.47. The van der Waals surface area contributed by atoms with Crippen LogP contribution in [0, 0.1) is 6.92 Å². The van der Waals surface area contributed by atoms with Crippen LogP contribution in [0.25, 0.3) is 11.5 Å². The van der Waals surface area contributed by atoms with Crippen molar-refractivity contribution in [1.82, 2.24) is 24.1 Å². The molecular formula is C10H10N6. The lowest BCUT2D eigenvalue weighted by atomic mass is 10.4. The third-order valence-corrected chi connectivity index (χ3v) is 2.43. The minimum absolute atomic E-state index is 0.269. The van der Waals surface area contributed by atoms with E-state index < -0.39 is 0 Å². The van der Waals surface area contributed by atoms with Gasteiger partial charge in [-0.2, -0.15) is 9.50 Å². The quantitative estimate of drug-likeness (QED) is 0.650. The Hall–Kier alpha value is -2.37. The van der Waals surface area contributed by atoms with Crippen molar-refractivity contribution in [1.29, 1.82) is 0 Å². The Morgan fingerprint density at radius 2 is 2.19 bits per heavy atom. The Kier molecular flexibility index (Phi) is 1.70. The van der Waals surface area contributed by atoms with Crippen LogP contribution in [0.5, 0.6) is 0 Å². The standard InChI is InChI=1S/C10H10N6/c1-7-12-5-6-15(7)9-4-2-3-8-13-10(11)14-16(8)9/h2-6H,1H3,(H2,11,14). The first-order valence-electron chi connectivity index (χ1n) is 4.87. The number of aryl methyl sites for hydroxylation is 1. The highest BCUT2D eigenvalue weighted by Gasteiger charge is 2.07. The first-order chi connectivity index (χ1) is 7.75. The number of hydrogen-bond donors (Lipinski definition) is 1. The Bertz CT molecular complexity index is 650. The van der Waals surface area contributed by atoms with Crippen molar-refractivity contribution in [3.05, 3.63) is 36.4 Å². The van der Waals surface area contributed by atoms with Gasteiger partial charge in [0.05, 0.1) is 0 Å². The summed E-state index contributed by atoms with van der Waals surface area (Å²) < 4.78 is 3.63. The number of nitrogens with two attached hydrogens (primary N) is 1. The van der Waals surface area contributed by atoms with Gasteiger partial charge in [-0.1, -0.05) is 6.07 Å². The topological polar surface area (TPSA) is 74.0 Å². The van der Waals surface area contributed by atoms with Gasteiger partial charge < -0.3 is 5.73 Å². The maximum atomic E-state index is 5.58. The molecule has 0 saturated carbocycles. The highest BCUT2D eigenvalue weighted by Crippen LogP contribution is 2.12. The molecule has 2 N–H and O–H groups in total. The van der Waals surface area contributed by atoms with Crippen LogP contribution in [-0.4, -0.2) is 24.1 Å². The van der Waals surface area contributed by atoms with E-state index in [-0.39, 0.29) is 5.95 Å². The number of hydrogen-bond acceptors (Lipinski definition) is 4. The molecular weight excluding hydrogens is 204 g/mol. The van der Waals surface area contributed by atoms with Gasteiger partial charge in [0.2, 0.25) is 5.95 Å². The van der Waals surface area contributed by atoms with Crippen molar-refractivity contribution in [2.24, 2.45) is 0 Å². The predicted octanol–water partition coefficient (Wildman–Crippen LogP) is 0.806. The normalized spacial score (nSPS) is 11.1. The fourth-order valence-electron chi connectivity index (χ4n) is 1.71. The van der Waals surface area contributed by atoms with Crippen LogP contribution in [0.4, 0.5) is 5.95 Å². The fourth-order valence-corrected chi connectivity index (χ4v) is 1.71. The zero-order chi connectivity index (χ0) is 11.1. The van der Waals surface area contributed by atoms with Gasteiger partial charge >= 0.3 is 0 Å². The summed E-state index contributed by atoms with van der Waals surface area (Å²) in [4.78, 5) is 8.29. The van der Waals surface area contributed by atoms with E-state index in [0.717, 1.165) is 17.3 Å². The molecule has 3 aromatic heterocycles. The van der Waals surface area contributed by atoms with Crippen LogP contribution in [0.1, 0.15) is 5.82 Å². The van der Waals surface area contributed by atoms with Gasteiger partial charge in [0.15, 0.2) is 5.65 Å². The summed E-state index contributed by atoms with van der Waals surface area (Å²) in [6.07, 6.45) is 3.62. The smallest absolute Gasteiger partial charge is 0.240 e. The third kappa shape index (κ3) is 1.16. The summed E-state index contributed by atoms with van der Waals surface area (Å²) in [5.74, 6) is 2.03. The largest absolute Gasteiger partial charge is 0.366 e. The molecule has 0 amide bonds. The SMILES string of the molecule is Cc1nccn1-c1cccc2nc(N)nn12. The molecule has 0 radical (unpaired) electrons. The maximum Gasteiger partial charge on any atom is 0.240 e. The van der Waals surface area contributed by atoms with Crippen molar-refractivity contribution in [3.63, 3.8) is 0 Å². The van der Waals surface area contributed by atoms with E-state index in [1.54, 1.807) is 10.7 Å². The Morgan fingerprint density at radius 3 is 2.94 bits per heavy atom. The predicted molar refractivity (Wildman–Crippen MR) is 59.3 cm³/mol. The second-order valence-corrected chi connectivity index (χ2v) is 3.47. The first kappa shape index (κ1) is 8.90. The van der Waals surface area contributed by atoms with E-state index in [1.807, 2.05) is 35.9 Å². The molecule has 0 aliphatic heterocycles. The molecule has 6 nitrogen and oxygen atoms in total. The fraction of sp³-hybridized carbons (Fsp3) is 0.100. The number of aromatic nitrogens is 5. The number of nitrogens with zero attached hydrogens (tertiary/aromatic N) is 5. The van der Waals surface area contributed by atoms with Gasteiger partial charge in [0.25, 0.3) is 0 Å². The zero-order valence-corrected chi connectivity index (χ0v) is 8.70. The molecule has 0 fully saturated rings. The summed E-state index contributed by atoms with van der Waals surface area (Å²) >= 11 is 0. The van der Waals surface area contributed by atoms with Gasteiger partial charge in [-0.15, -0.1) is 5.10 Å². The molecule has 0 spiro atoms. The molecule has 0 bridgehead atoms. The van der Waals surface area contributed by atoms with E-state index in [0.29, 0.717) is 0 Å². The van der Waals surface area contributed by atoms with Crippen LogP contribution in [0.3, 0.4) is 0 Å². The molecule has 16 heavy (non-hydrogen) atoms. The minimum atomic E-state index is 0.269. The van der Waals surface area contributed by atoms with Crippen LogP contribution in [0.15, 0.2) is 30.6 Å². The zero-order valence-electron chi connectivity index (χ0n) is 8.70. The average molecular weight is 214 g/mol. The molecule has 80 valence electrons. The van der Waals surface area contributed by atoms with Gasteiger partial charge in [-0.05, 0) is 19.1 Å². The van der Waals surface area contributed by atoms with Crippen molar-refractivity contribution >= 4 is 11.6 Å². The number of rotatable bonds is 1. The number of nitrogen functional groups attached to an aromatic ring is 1. The van der Waals surface area contributed by atoms with E-state index >= 15 is 0 Å². The molecule has 0 saturated heterocycles. The maximum absolute atomic E-state index is 5.58. The van der Waals surface area contributed by atoms with Gasteiger partial charge in [-0.3, -0.25) is 4.57 Å². The van der Waals surface area contributed by atoms with Gasteiger partial charge in [0, 0.05) is 12.4 Å². The highest BCUT2D eigenvalue weighted by atomic mass is 15.4. The molecule has 0 aliphatic rings. The molecule has 3 rings (SSSR count). The summed E-state index contributed by atoms with van der Waals surface area (Å²) in [5, 5.41) is 4.14. The molecule has 0 aliphatic carbocycles. The third-order valence-electron chi connectivity index (χ3n) is 2.43. The molecule has 0 atom stereocenters. The molecule has 3 heterocycles. The Morgan fingerprint density at radius 1 is 1.31 bits per heavy atom. The number of anilines is 1. The van der Waals surface area contributed by atoms with Crippen molar-refractivity contribution in [2.45, 2.75) is 6.92 Å². The summed E-state index contributed by atoms with van der Waals surface area (Å²) in [6, 6.07) is 5.72. The molecule has 0 aromatic carbocycles. The minimum Gasteiger partial charge on any atom is -0.366 e. The lowest BCUT2D eigenvalue weighted by Crippen LogP contribution is -2.04.